The van der Waals surface area contributed by atoms with E-state index in [-0.39, 0.29) is 5.92 Å². The molecule has 1 heterocycles. The summed E-state index contributed by atoms with van der Waals surface area (Å²) in [6.07, 6.45) is 6.87. The van der Waals surface area contributed by atoms with Crippen molar-refractivity contribution in [3.05, 3.63) is 78.6 Å². The lowest BCUT2D eigenvalue weighted by atomic mass is 10.0. The fraction of sp³-hybridized carbons (Fsp3) is 0.227. The maximum absolute atomic E-state index is 10.9. The molecule has 2 unspecified atom stereocenters. The Hall–Kier alpha value is -2.81. The molecule has 2 aromatic carbocycles. The molecule has 1 N–H and O–H groups in total. The highest BCUT2D eigenvalue weighted by molar-refractivity contribution is 5.73. The number of hydrogen-bond donors (Lipinski definition) is 1. The molecule has 0 saturated heterocycles. The van der Waals surface area contributed by atoms with Crippen LogP contribution in [0.3, 0.4) is 0 Å². The number of aliphatic carboxylic acids is 1. The molecule has 0 radical (unpaired) electrons. The van der Waals surface area contributed by atoms with Crippen molar-refractivity contribution in [3.63, 3.8) is 0 Å². The van der Waals surface area contributed by atoms with Crippen molar-refractivity contribution < 1.29 is 9.90 Å². The summed E-state index contributed by atoms with van der Waals surface area (Å²) in [7, 11) is 0. The van der Waals surface area contributed by atoms with Crippen LogP contribution in [0.1, 0.15) is 18.4 Å². The Morgan fingerprint density at radius 3 is 2.44 bits per heavy atom. The molecule has 1 aromatic heterocycles. The molecular weight excluding hydrogens is 310 g/mol. The van der Waals surface area contributed by atoms with E-state index in [2.05, 4.69) is 53.1 Å². The molecule has 1 aliphatic rings. The molecule has 25 heavy (non-hydrogen) atoms. The van der Waals surface area contributed by atoms with Gasteiger partial charge in [-0.25, -0.2) is 0 Å². The summed E-state index contributed by atoms with van der Waals surface area (Å²) < 4.78 is 2.10. The smallest absolute Gasteiger partial charge is 0.306 e. The predicted molar refractivity (Wildman–Crippen MR) is 98.8 cm³/mol. The summed E-state index contributed by atoms with van der Waals surface area (Å²) in [5.41, 5.74) is 4.83. The van der Waals surface area contributed by atoms with Crippen LogP contribution in [-0.4, -0.2) is 15.6 Å². The van der Waals surface area contributed by atoms with Gasteiger partial charge in [-0.2, -0.15) is 0 Å². The largest absolute Gasteiger partial charge is 0.481 e. The summed E-state index contributed by atoms with van der Waals surface area (Å²) in [5, 5.41) is 8.97. The van der Waals surface area contributed by atoms with Gasteiger partial charge < -0.3 is 9.67 Å². The zero-order valence-corrected chi connectivity index (χ0v) is 14.0. The number of carboxylic acids is 1. The molecule has 0 spiro atoms. The number of carboxylic acid groups (broad SMARTS) is 1. The SMILES string of the molecule is O=C(O)C1CC1CCc1ccc(-c2cccc(-n3cccc3)c2)cc1. The standard InChI is InChI=1S/C22H21NO2/c24-22(25)21-15-19(21)11-8-16-6-9-17(10-7-16)18-4-3-5-20(14-18)23-12-1-2-13-23/h1-7,9-10,12-14,19,21H,8,11,15H2,(H,24,25). The van der Waals surface area contributed by atoms with E-state index in [9.17, 15) is 4.79 Å². The Morgan fingerprint density at radius 2 is 1.76 bits per heavy atom. The molecule has 1 aliphatic carbocycles. The number of benzene rings is 2. The van der Waals surface area contributed by atoms with Gasteiger partial charge in [-0.05, 0) is 66.1 Å². The maximum atomic E-state index is 10.9. The number of hydrogen-bond acceptors (Lipinski definition) is 1. The van der Waals surface area contributed by atoms with Crippen LogP contribution in [0.2, 0.25) is 0 Å². The second-order valence-corrected chi connectivity index (χ2v) is 6.82. The number of aromatic nitrogens is 1. The Morgan fingerprint density at radius 1 is 1.00 bits per heavy atom. The van der Waals surface area contributed by atoms with E-state index in [4.69, 9.17) is 5.11 Å². The molecule has 1 fully saturated rings. The van der Waals surface area contributed by atoms with Gasteiger partial charge in [0.15, 0.2) is 0 Å². The van der Waals surface area contributed by atoms with E-state index in [1.165, 1.54) is 16.7 Å². The molecule has 3 heteroatoms. The predicted octanol–water partition coefficient (Wildman–Crippen LogP) is 4.80. The number of rotatable bonds is 6. The second kappa shape index (κ2) is 6.60. The molecule has 3 nitrogen and oxygen atoms in total. The summed E-state index contributed by atoms with van der Waals surface area (Å²) in [6, 6.07) is 21.2. The summed E-state index contributed by atoms with van der Waals surface area (Å²) >= 11 is 0. The van der Waals surface area contributed by atoms with Gasteiger partial charge in [-0.1, -0.05) is 36.4 Å². The fourth-order valence-electron chi connectivity index (χ4n) is 3.44. The van der Waals surface area contributed by atoms with Crippen LogP contribution < -0.4 is 0 Å². The van der Waals surface area contributed by atoms with Crippen LogP contribution in [0.4, 0.5) is 0 Å². The van der Waals surface area contributed by atoms with E-state index in [0.29, 0.717) is 5.92 Å². The van der Waals surface area contributed by atoms with Gasteiger partial charge in [-0.3, -0.25) is 4.79 Å². The van der Waals surface area contributed by atoms with E-state index in [0.717, 1.165) is 24.9 Å². The van der Waals surface area contributed by atoms with Crippen molar-refractivity contribution in [2.24, 2.45) is 11.8 Å². The Kier molecular flexibility index (Phi) is 4.14. The first-order chi connectivity index (χ1) is 12.2. The van der Waals surface area contributed by atoms with Gasteiger partial charge in [0.25, 0.3) is 0 Å². The summed E-state index contributed by atoms with van der Waals surface area (Å²) in [6.45, 7) is 0. The van der Waals surface area contributed by atoms with Gasteiger partial charge in [-0.15, -0.1) is 0 Å². The van der Waals surface area contributed by atoms with Crippen molar-refractivity contribution in [2.45, 2.75) is 19.3 Å². The third kappa shape index (κ3) is 3.50. The summed E-state index contributed by atoms with van der Waals surface area (Å²) in [4.78, 5) is 10.9. The zero-order valence-electron chi connectivity index (χ0n) is 14.0. The molecular formula is C22H21NO2. The topological polar surface area (TPSA) is 42.2 Å². The number of carbonyl (C=O) groups is 1. The lowest BCUT2D eigenvalue weighted by molar-refractivity contribution is -0.138. The first-order valence-electron chi connectivity index (χ1n) is 8.76. The number of nitrogens with zero attached hydrogens (tertiary/aromatic N) is 1. The van der Waals surface area contributed by atoms with Crippen LogP contribution in [0.15, 0.2) is 73.1 Å². The minimum absolute atomic E-state index is 0.101. The van der Waals surface area contributed by atoms with E-state index < -0.39 is 5.97 Å². The van der Waals surface area contributed by atoms with Crippen LogP contribution in [0.25, 0.3) is 16.8 Å². The normalized spacial score (nSPS) is 18.9. The molecule has 4 rings (SSSR count). The van der Waals surface area contributed by atoms with Crippen molar-refractivity contribution in [3.8, 4) is 16.8 Å². The third-order valence-corrected chi connectivity index (χ3v) is 5.08. The van der Waals surface area contributed by atoms with Crippen LogP contribution in [-0.2, 0) is 11.2 Å². The van der Waals surface area contributed by atoms with Gasteiger partial charge in [0.1, 0.15) is 0 Å². The Balaban J connectivity index is 1.44. The molecule has 0 bridgehead atoms. The average molecular weight is 331 g/mol. The average Bonchev–Trinajstić information content (AvgIpc) is 3.22. The molecule has 2 atom stereocenters. The quantitative estimate of drug-likeness (QED) is 0.705. The maximum Gasteiger partial charge on any atom is 0.306 e. The van der Waals surface area contributed by atoms with Gasteiger partial charge in [0, 0.05) is 18.1 Å². The van der Waals surface area contributed by atoms with Crippen molar-refractivity contribution in [2.75, 3.05) is 0 Å². The highest BCUT2D eigenvalue weighted by atomic mass is 16.4. The molecule has 0 aliphatic heterocycles. The summed E-state index contributed by atoms with van der Waals surface area (Å²) in [5.74, 6) is -0.367. The minimum atomic E-state index is -0.636. The Labute approximate surface area is 147 Å². The highest BCUT2D eigenvalue weighted by Gasteiger charge is 2.42. The van der Waals surface area contributed by atoms with Crippen LogP contribution >= 0.6 is 0 Å². The van der Waals surface area contributed by atoms with Gasteiger partial charge in [0.05, 0.1) is 5.92 Å². The molecule has 126 valence electrons. The molecule has 3 aromatic rings. The first-order valence-corrected chi connectivity index (χ1v) is 8.76. The Bertz CT molecular complexity index is 865. The lowest BCUT2D eigenvalue weighted by Gasteiger charge is -2.08. The molecule has 0 amide bonds. The van der Waals surface area contributed by atoms with Crippen LogP contribution in [0, 0.1) is 11.8 Å². The highest BCUT2D eigenvalue weighted by Crippen LogP contribution is 2.42. The van der Waals surface area contributed by atoms with E-state index in [1.807, 2.05) is 24.5 Å². The third-order valence-electron chi connectivity index (χ3n) is 5.08. The van der Waals surface area contributed by atoms with Gasteiger partial charge >= 0.3 is 5.97 Å². The monoisotopic (exact) mass is 331 g/mol. The van der Waals surface area contributed by atoms with Crippen molar-refractivity contribution in [1.82, 2.24) is 4.57 Å². The fourth-order valence-corrected chi connectivity index (χ4v) is 3.44. The second-order valence-electron chi connectivity index (χ2n) is 6.82. The lowest BCUT2D eigenvalue weighted by Crippen LogP contribution is -2.00. The van der Waals surface area contributed by atoms with Crippen LogP contribution in [0.5, 0.6) is 0 Å². The minimum Gasteiger partial charge on any atom is -0.481 e. The first kappa shape index (κ1) is 15.7. The molecule has 1 saturated carbocycles. The van der Waals surface area contributed by atoms with Crippen molar-refractivity contribution >= 4 is 5.97 Å². The van der Waals surface area contributed by atoms with E-state index in [1.54, 1.807) is 0 Å². The van der Waals surface area contributed by atoms with E-state index >= 15 is 0 Å². The number of aryl methyl sites for hydroxylation is 1. The van der Waals surface area contributed by atoms with Gasteiger partial charge in [0.2, 0.25) is 0 Å². The zero-order chi connectivity index (χ0) is 17.2. The van der Waals surface area contributed by atoms with Crippen molar-refractivity contribution in [1.29, 1.82) is 0 Å².